The Bertz CT molecular complexity index is 418. The summed E-state index contributed by atoms with van der Waals surface area (Å²) in [4.78, 5) is 2.60. The summed E-state index contributed by atoms with van der Waals surface area (Å²) in [5, 5.41) is 26.1. The molecule has 0 saturated carbocycles. The molecule has 18 heavy (non-hydrogen) atoms. The van der Waals surface area contributed by atoms with Gasteiger partial charge in [0, 0.05) is 18.0 Å². The van der Waals surface area contributed by atoms with Crippen molar-refractivity contribution in [3.05, 3.63) is 45.8 Å². The Labute approximate surface area is 106 Å². The highest BCUT2D eigenvalue weighted by Crippen LogP contribution is 2.20. The minimum absolute atomic E-state index is 0.172. The number of hydrogen-bond donors (Lipinski definition) is 3. The largest absolute Gasteiger partial charge is 0.390 e. The first kappa shape index (κ1) is 14.5. The van der Waals surface area contributed by atoms with Crippen molar-refractivity contribution in [2.75, 3.05) is 13.6 Å². The number of azide groups is 1. The lowest BCUT2D eigenvalue weighted by atomic mass is 10.00. The van der Waals surface area contributed by atoms with Gasteiger partial charge in [-0.25, -0.2) is 0 Å². The predicted octanol–water partition coefficient (Wildman–Crippen LogP) is 1.50. The van der Waals surface area contributed by atoms with Gasteiger partial charge in [0.05, 0.1) is 6.10 Å². The van der Waals surface area contributed by atoms with E-state index in [4.69, 9.17) is 5.53 Å². The van der Waals surface area contributed by atoms with Crippen LogP contribution >= 0.6 is 0 Å². The molecular formula is C12H18N4O2. The second kappa shape index (κ2) is 7.68. The molecule has 1 aromatic rings. The van der Waals surface area contributed by atoms with E-state index in [9.17, 15) is 10.2 Å². The standard InChI is InChI=1S/C12H18N4O2/c1-14-8-9-3-2-4-10(7-9)12(18)11(17)5-6-15-16-13/h2-4,7,11-12,14,17-18H,5-6,8H2,1H3. The Balaban J connectivity index is 2.66. The zero-order valence-electron chi connectivity index (χ0n) is 10.3. The molecule has 3 N–H and O–H groups in total. The zero-order valence-corrected chi connectivity index (χ0v) is 10.3. The fourth-order valence-electron chi connectivity index (χ4n) is 1.71. The van der Waals surface area contributed by atoms with E-state index in [0.29, 0.717) is 12.1 Å². The Kier molecular flexibility index (Phi) is 6.18. The maximum Gasteiger partial charge on any atom is 0.105 e. The van der Waals surface area contributed by atoms with Gasteiger partial charge in [-0.15, -0.1) is 0 Å². The highest BCUT2D eigenvalue weighted by atomic mass is 16.3. The van der Waals surface area contributed by atoms with Crippen LogP contribution in [0.3, 0.4) is 0 Å². The fraction of sp³-hybridized carbons (Fsp3) is 0.500. The third-order valence-corrected chi connectivity index (χ3v) is 2.63. The highest BCUT2D eigenvalue weighted by Gasteiger charge is 2.17. The van der Waals surface area contributed by atoms with E-state index in [0.717, 1.165) is 5.56 Å². The summed E-state index contributed by atoms with van der Waals surface area (Å²) in [7, 11) is 1.85. The first-order valence-corrected chi connectivity index (χ1v) is 5.79. The molecule has 98 valence electrons. The molecule has 2 atom stereocenters. The number of hydrogen-bond acceptors (Lipinski definition) is 4. The molecule has 0 fully saturated rings. The zero-order chi connectivity index (χ0) is 13.4. The molecule has 0 bridgehead atoms. The Morgan fingerprint density at radius 3 is 2.89 bits per heavy atom. The van der Waals surface area contributed by atoms with Gasteiger partial charge in [-0.1, -0.05) is 29.4 Å². The van der Waals surface area contributed by atoms with Crippen LogP contribution in [0.4, 0.5) is 0 Å². The van der Waals surface area contributed by atoms with Crippen LogP contribution in [0.5, 0.6) is 0 Å². The molecule has 0 aliphatic carbocycles. The third kappa shape index (κ3) is 4.35. The van der Waals surface area contributed by atoms with E-state index in [2.05, 4.69) is 15.3 Å². The maximum atomic E-state index is 9.98. The molecule has 0 aromatic heterocycles. The molecule has 0 aliphatic heterocycles. The number of benzene rings is 1. The van der Waals surface area contributed by atoms with Gasteiger partial charge in [0.15, 0.2) is 0 Å². The van der Waals surface area contributed by atoms with Gasteiger partial charge in [0.1, 0.15) is 6.10 Å². The van der Waals surface area contributed by atoms with E-state index < -0.39 is 12.2 Å². The summed E-state index contributed by atoms with van der Waals surface area (Å²) in [6, 6.07) is 7.39. The molecule has 0 aliphatic rings. The minimum atomic E-state index is -0.962. The molecule has 6 nitrogen and oxygen atoms in total. The van der Waals surface area contributed by atoms with Crippen LogP contribution in [-0.4, -0.2) is 29.9 Å². The van der Waals surface area contributed by atoms with Crippen molar-refractivity contribution in [1.29, 1.82) is 0 Å². The molecule has 6 heteroatoms. The van der Waals surface area contributed by atoms with E-state index in [-0.39, 0.29) is 13.0 Å². The van der Waals surface area contributed by atoms with Crippen molar-refractivity contribution in [1.82, 2.24) is 5.32 Å². The van der Waals surface area contributed by atoms with Crippen molar-refractivity contribution in [3.63, 3.8) is 0 Å². The molecule has 0 heterocycles. The average Bonchev–Trinajstić information content (AvgIpc) is 2.39. The Morgan fingerprint density at radius 2 is 2.22 bits per heavy atom. The molecule has 1 rings (SSSR count). The highest BCUT2D eigenvalue weighted by molar-refractivity contribution is 5.25. The van der Waals surface area contributed by atoms with Crippen molar-refractivity contribution in [2.45, 2.75) is 25.2 Å². The number of nitrogens with zero attached hydrogens (tertiary/aromatic N) is 3. The monoisotopic (exact) mass is 250 g/mol. The second-order valence-corrected chi connectivity index (χ2v) is 4.03. The Hall–Kier alpha value is -1.59. The molecule has 0 spiro atoms. The Morgan fingerprint density at radius 1 is 1.44 bits per heavy atom. The lowest BCUT2D eigenvalue weighted by Gasteiger charge is -2.18. The smallest absolute Gasteiger partial charge is 0.105 e. The molecule has 2 unspecified atom stereocenters. The predicted molar refractivity (Wildman–Crippen MR) is 68.8 cm³/mol. The topological polar surface area (TPSA) is 101 Å². The van der Waals surface area contributed by atoms with E-state index in [1.807, 2.05) is 25.2 Å². The van der Waals surface area contributed by atoms with E-state index in [1.165, 1.54) is 0 Å². The summed E-state index contributed by atoms with van der Waals surface area (Å²) < 4.78 is 0. The summed E-state index contributed by atoms with van der Waals surface area (Å²) in [5.74, 6) is 0. The van der Waals surface area contributed by atoms with Gasteiger partial charge in [0.25, 0.3) is 0 Å². The quantitative estimate of drug-likeness (QED) is 0.388. The SMILES string of the molecule is CNCc1cccc(C(O)C(O)CCN=[N+]=[N-])c1. The summed E-state index contributed by atoms with van der Waals surface area (Å²) in [5.41, 5.74) is 9.84. The minimum Gasteiger partial charge on any atom is -0.390 e. The summed E-state index contributed by atoms with van der Waals surface area (Å²) in [6.07, 6.45) is -1.65. The van der Waals surface area contributed by atoms with Crippen LogP contribution in [0, 0.1) is 0 Å². The van der Waals surface area contributed by atoms with Gasteiger partial charge in [0.2, 0.25) is 0 Å². The van der Waals surface area contributed by atoms with Crippen molar-refractivity contribution in [3.8, 4) is 0 Å². The number of aliphatic hydroxyl groups excluding tert-OH is 2. The normalized spacial score (nSPS) is 13.7. The van der Waals surface area contributed by atoms with Gasteiger partial charge in [-0.3, -0.25) is 0 Å². The van der Waals surface area contributed by atoms with Crippen LogP contribution in [-0.2, 0) is 6.54 Å². The van der Waals surface area contributed by atoms with Gasteiger partial charge >= 0.3 is 0 Å². The first-order chi connectivity index (χ1) is 8.69. The third-order valence-electron chi connectivity index (χ3n) is 2.63. The molecule has 0 amide bonds. The van der Waals surface area contributed by atoms with Crippen molar-refractivity contribution in [2.24, 2.45) is 5.11 Å². The maximum absolute atomic E-state index is 9.98. The second-order valence-electron chi connectivity index (χ2n) is 4.03. The first-order valence-electron chi connectivity index (χ1n) is 5.79. The van der Waals surface area contributed by atoms with Gasteiger partial charge in [-0.2, -0.15) is 0 Å². The van der Waals surface area contributed by atoms with Crippen LogP contribution in [0.25, 0.3) is 10.4 Å². The van der Waals surface area contributed by atoms with Crippen LogP contribution in [0.15, 0.2) is 29.4 Å². The molecule has 0 radical (unpaired) electrons. The van der Waals surface area contributed by atoms with Crippen molar-refractivity contribution >= 4 is 0 Å². The van der Waals surface area contributed by atoms with Crippen LogP contribution in [0.2, 0.25) is 0 Å². The van der Waals surface area contributed by atoms with E-state index in [1.54, 1.807) is 6.07 Å². The van der Waals surface area contributed by atoms with Gasteiger partial charge in [-0.05, 0) is 30.1 Å². The lowest BCUT2D eigenvalue weighted by Crippen LogP contribution is -2.19. The van der Waals surface area contributed by atoms with Crippen LogP contribution < -0.4 is 5.32 Å². The summed E-state index contributed by atoms with van der Waals surface area (Å²) in [6.45, 7) is 0.875. The molecule has 1 aromatic carbocycles. The molecule has 0 saturated heterocycles. The number of rotatable bonds is 7. The van der Waals surface area contributed by atoms with Crippen molar-refractivity contribution < 1.29 is 10.2 Å². The average molecular weight is 250 g/mol. The van der Waals surface area contributed by atoms with Crippen LogP contribution in [0.1, 0.15) is 23.7 Å². The number of nitrogens with one attached hydrogen (secondary N) is 1. The lowest BCUT2D eigenvalue weighted by molar-refractivity contribution is 0.0150. The summed E-state index contributed by atoms with van der Waals surface area (Å²) >= 11 is 0. The molecular weight excluding hydrogens is 232 g/mol. The fourth-order valence-corrected chi connectivity index (χ4v) is 1.71. The van der Waals surface area contributed by atoms with Gasteiger partial charge < -0.3 is 15.5 Å². The number of aliphatic hydroxyl groups is 2. The van der Waals surface area contributed by atoms with E-state index >= 15 is 0 Å².